The molecule has 33 heavy (non-hydrogen) atoms. The van der Waals surface area contributed by atoms with Crippen molar-refractivity contribution in [3.63, 3.8) is 0 Å². The lowest BCUT2D eigenvalue weighted by atomic mass is 10.0. The van der Waals surface area contributed by atoms with E-state index in [-0.39, 0.29) is 11.7 Å². The smallest absolute Gasteiger partial charge is 0.257 e. The molecule has 2 aromatic heterocycles. The van der Waals surface area contributed by atoms with Crippen molar-refractivity contribution in [3.8, 4) is 0 Å². The van der Waals surface area contributed by atoms with Crippen molar-refractivity contribution in [2.45, 2.75) is 46.0 Å². The predicted octanol–water partition coefficient (Wildman–Crippen LogP) is 5.09. The number of fused-ring (bicyclic) bond motifs is 2. The third kappa shape index (κ3) is 4.72. The molecule has 0 atom stereocenters. The quantitative estimate of drug-likeness (QED) is 0.293. The Morgan fingerprint density at radius 1 is 1.09 bits per heavy atom. The molecule has 2 aromatic carbocycles. The second-order valence-electron chi connectivity index (χ2n) is 8.49. The first-order valence-electron chi connectivity index (χ1n) is 11.5. The number of hydrogen-bond acceptors (Lipinski definition) is 5. The Morgan fingerprint density at radius 2 is 1.79 bits per heavy atom. The summed E-state index contributed by atoms with van der Waals surface area (Å²) in [5, 5.41) is 7.55. The van der Waals surface area contributed by atoms with E-state index in [1.54, 1.807) is 6.21 Å². The van der Waals surface area contributed by atoms with Gasteiger partial charge in [0.1, 0.15) is 16.9 Å². The highest BCUT2D eigenvalue weighted by Crippen LogP contribution is 2.28. The summed E-state index contributed by atoms with van der Waals surface area (Å²) in [4.78, 5) is 22.5. The van der Waals surface area contributed by atoms with Crippen LogP contribution in [-0.2, 0) is 0 Å². The molecule has 3 N–H and O–H groups in total. The minimum Gasteiger partial charge on any atom is -0.383 e. The Kier molecular flexibility index (Phi) is 6.68. The van der Waals surface area contributed by atoms with Gasteiger partial charge in [0, 0.05) is 6.54 Å². The number of nitrogens with two attached hydrogens (primary N) is 1. The summed E-state index contributed by atoms with van der Waals surface area (Å²) in [6.45, 7) is 7.04. The minimum atomic E-state index is -0.256. The van der Waals surface area contributed by atoms with Gasteiger partial charge >= 0.3 is 0 Å². The molecule has 0 aliphatic carbocycles. The lowest BCUT2D eigenvalue weighted by Gasteiger charge is -2.05. The van der Waals surface area contributed by atoms with Gasteiger partial charge < -0.3 is 11.1 Å². The molecule has 0 bridgehead atoms. The monoisotopic (exact) mass is 442 g/mol. The second kappa shape index (κ2) is 9.81. The van der Waals surface area contributed by atoms with E-state index in [4.69, 9.17) is 15.7 Å². The average Bonchev–Trinajstić information content (AvgIpc) is 3.09. The number of nitrogens with one attached hydrogen (secondary N) is 1. The van der Waals surface area contributed by atoms with E-state index in [9.17, 15) is 4.79 Å². The molecule has 1 amide bonds. The fourth-order valence-electron chi connectivity index (χ4n) is 3.74. The number of unbranched alkanes of at least 4 members (excludes halogenated alkanes) is 2. The van der Waals surface area contributed by atoms with Crippen molar-refractivity contribution in [1.82, 2.24) is 20.0 Å². The van der Waals surface area contributed by atoms with Crippen LogP contribution in [0.4, 0.5) is 5.82 Å². The van der Waals surface area contributed by atoms with Crippen LogP contribution in [0.25, 0.3) is 22.2 Å². The van der Waals surface area contributed by atoms with Crippen LogP contribution in [0.1, 0.15) is 67.4 Å². The molecule has 0 spiro atoms. The number of carbonyl (C=O) groups is 1. The van der Waals surface area contributed by atoms with Gasteiger partial charge in [-0.2, -0.15) is 9.78 Å². The number of anilines is 1. The zero-order chi connectivity index (χ0) is 23.4. The molecule has 0 aliphatic rings. The number of rotatable bonds is 8. The largest absolute Gasteiger partial charge is 0.383 e. The summed E-state index contributed by atoms with van der Waals surface area (Å²) >= 11 is 0. The van der Waals surface area contributed by atoms with Gasteiger partial charge in [0.25, 0.3) is 5.91 Å². The number of amides is 1. The molecule has 2 heterocycles. The first-order chi connectivity index (χ1) is 16.0. The number of hydrogen-bond donors (Lipinski definition) is 2. The maximum atomic E-state index is 13.0. The third-order valence-corrected chi connectivity index (χ3v) is 5.69. The summed E-state index contributed by atoms with van der Waals surface area (Å²) in [7, 11) is 0. The minimum absolute atomic E-state index is 0.225. The Labute approximate surface area is 193 Å². The van der Waals surface area contributed by atoms with Gasteiger partial charge in [0.05, 0.1) is 17.2 Å². The summed E-state index contributed by atoms with van der Waals surface area (Å²) in [6, 6.07) is 15.8. The van der Waals surface area contributed by atoms with Crippen molar-refractivity contribution in [2.24, 2.45) is 5.10 Å². The van der Waals surface area contributed by atoms with E-state index in [2.05, 4.69) is 43.3 Å². The third-order valence-electron chi connectivity index (χ3n) is 5.69. The molecular weight excluding hydrogens is 412 g/mol. The Morgan fingerprint density at radius 3 is 2.45 bits per heavy atom. The summed E-state index contributed by atoms with van der Waals surface area (Å²) in [5.74, 6) is 0.429. The van der Waals surface area contributed by atoms with Crippen molar-refractivity contribution < 1.29 is 4.79 Å². The highest BCUT2D eigenvalue weighted by atomic mass is 16.1. The van der Waals surface area contributed by atoms with Crippen LogP contribution in [-0.4, -0.2) is 33.3 Å². The van der Waals surface area contributed by atoms with Crippen LogP contribution in [0.15, 0.2) is 53.6 Å². The molecule has 0 saturated carbocycles. The second-order valence-corrected chi connectivity index (χ2v) is 8.49. The number of carbonyl (C=O) groups excluding carboxylic acids is 1. The number of nitrogen functional groups attached to an aromatic ring is 1. The first-order valence-corrected chi connectivity index (χ1v) is 11.5. The molecule has 0 saturated heterocycles. The maximum absolute atomic E-state index is 13.0. The van der Waals surface area contributed by atoms with Crippen molar-refractivity contribution in [1.29, 1.82) is 0 Å². The Balaban J connectivity index is 1.77. The fourth-order valence-corrected chi connectivity index (χ4v) is 3.74. The van der Waals surface area contributed by atoms with E-state index in [1.807, 2.05) is 36.4 Å². The van der Waals surface area contributed by atoms with Crippen LogP contribution >= 0.6 is 0 Å². The SMILES string of the molecule is CCCCCNC(=O)c1c(N)n(/N=C\c2ccc(C(C)C)cc2)c2nc3ccccc3nc12. The standard InChI is InChI=1S/C26H30N6O/c1-4-5-8-15-28-26(33)22-23-25(31-21-10-7-6-9-20(21)30-23)32(24(22)27)29-16-18-11-13-19(14-12-18)17(2)3/h6-7,9-14,16-17H,4-5,8,15,27H2,1-3H3,(H,28,33)/b29-16-. The highest BCUT2D eigenvalue weighted by molar-refractivity contribution is 6.10. The topological polar surface area (TPSA) is 98.2 Å². The Hall–Kier alpha value is -3.74. The van der Waals surface area contributed by atoms with Crippen molar-refractivity contribution in [2.75, 3.05) is 12.3 Å². The van der Waals surface area contributed by atoms with Gasteiger partial charge in [-0.1, -0.05) is 70.0 Å². The molecule has 0 fully saturated rings. The lowest BCUT2D eigenvalue weighted by molar-refractivity contribution is 0.0955. The van der Waals surface area contributed by atoms with E-state index in [0.717, 1.165) is 30.3 Å². The van der Waals surface area contributed by atoms with E-state index < -0.39 is 0 Å². The van der Waals surface area contributed by atoms with E-state index in [0.29, 0.717) is 34.7 Å². The molecule has 0 aliphatic heterocycles. The molecule has 170 valence electrons. The first kappa shape index (κ1) is 22.5. The van der Waals surface area contributed by atoms with Crippen LogP contribution in [0.2, 0.25) is 0 Å². The summed E-state index contributed by atoms with van der Waals surface area (Å²) in [5.41, 5.74) is 11.3. The number of benzene rings is 2. The molecule has 7 heteroatoms. The van der Waals surface area contributed by atoms with Crippen LogP contribution in [0.5, 0.6) is 0 Å². The van der Waals surface area contributed by atoms with Gasteiger partial charge in [-0.15, -0.1) is 0 Å². The van der Waals surface area contributed by atoms with E-state index in [1.165, 1.54) is 10.2 Å². The normalized spacial score (nSPS) is 11.8. The Bertz CT molecular complexity index is 1300. The molecule has 4 rings (SSSR count). The molecule has 4 aromatic rings. The summed E-state index contributed by atoms with van der Waals surface area (Å²) < 4.78 is 1.51. The number of nitrogens with zero attached hydrogens (tertiary/aromatic N) is 4. The van der Waals surface area contributed by atoms with Crippen molar-refractivity contribution >= 4 is 40.1 Å². The lowest BCUT2D eigenvalue weighted by Crippen LogP contribution is -2.25. The number of para-hydroxylation sites is 2. The maximum Gasteiger partial charge on any atom is 0.257 e. The van der Waals surface area contributed by atoms with Gasteiger partial charge in [0.15, 0.2) is 5.65 Å². The van der Waals surface area contributed by atoms with Gasteiger partial charge in [-0.25, -0.2) is 9.97 Å². The van der Waals surface area contributed by atoms with Gasteiger partial charge in [-0.3, -0.25) is 4.79 Å². The van der Waals surface area contributed by atoms with Gasteiger partial charge in [-0.05, 0) is 35.6 Å². The predicted molar refractivity (Wildman–Crippen MR) is 135 cm³/mol. The average molecular weight is 443 g/mol. The highest BCUT2D eigenvalue weighted by Gasteiger charge is 2.23. The number of aromatic nitrogens is 3. The molecular formula is C26H30N6O. The van der Waals surface area contributed by atoms with Crippen LogP contribution in [0, 0.1) is 0 Å². The van der Waals surface area contributed by atoms with Gasteiger partial charge in [0.2, 0.25) is 0 Å². The van der Waals surface area contributed by atoms with E-state index >= 15 is 0 Å². The zero-order valence-electron chi connectivity index (χ0n) is 19.4. The summed E-state index contributed by atoms with van der Waals surface area (Å²) in [6.07, 6.45) is 4.78. The van der Waals surface area contributed by atoms with Crippen LogP contribution in [0.3, 0.4) is 0 Å². The molecule has 0 unspecified atom stereocenters. The fraction of sp³-hybridized carbons (Fsp3) is 0.308. The zero-order valence-corrected chi connectivity index (χ0v) is 19.4. The molecule has 0 radical (unpaired) electrons. The van der Waals surface area contributed by atoms with Crippen LogP contribution < -0.4 is 11.1 Å². The van der Waals surface area contributed by atoms with Crippen molar-refractivity contribution in [3.05, 3.63) is 65.2 Å². The molecule has 7 nitrogen and oxygen atoms in total.